The molecule has 1 heterocycles. The Kier molecular flexibility index (Phi) is 2.85. The highest BCUT2D eigenvalue weighted by molar-refractivity contribution is 5.80. The third-order valence-electron chi connectivity index (χ3n) is 4.62. The topological polar surface area (TPSA) is 52.3 Å². The van der Waals surface area contributed by atoms with Crippen LogP contribution in [0, 0.1) is 11.8 Å². The number of carbonyl (C=O) groups is 1. The van der Waals surface area contributed by atoms with Gasteiger partial charge in [-0.3, -0.25) is 4.79 Å². The van der Waals surface area contributed by atoms with E-state index in [9.17, 15) is 4.79 Å². The van der Waals surface area contributed by atoms with Gasteiger partial charge in [0.1, 0.15) is 6.10 Å². The van der Waals surface area contributed by atoms with E-state index in [0.29, 0.717) is 5.92 Å². The zero-order valence-corrected chi connectivity index (χ0v) is 10.3. The molecule has 1 fully saturated rings. The molecule has 0 aromatic rings. The predicted molar refractivity (Wildman–Crippen MR) is 65.0 cm³/mol. The number of hydrogen-bond donors (Lipinski definition) is 1. The molecule has 0 saturated heterocycles. The molecule has 1 aliphatic heterocycles. The average Bonchev–Trinajstić information content (AvgIpc) is 2.35. The van der Waals surface area contributed by atoms with Gasteiger partial charge in [-0.1, -0.05) is 6.42 Å². The molecule has 17 heavy (non-hydrogen) atoms. The maximum Gasteiger partial charge on any atom is 0.225 e. The van der Waals surface area contributed by atoms with Crippen molar-refractivity contribution in [1.82, 2.24) is 0 Å². The van der Waals surface area contributed by atoms with Crippen LogP contribution in [-0.4, -0.2) is 12.0 Å². The van der Waals surface area contributed by atoms with Gasteiger partial charge >= 0.3 is 0 Å². The Labute approximate surface area is 102 Å². The van der Waals surface area contributed by atoms with Gasteiger partial charge in [-0.05, 0) is 44.1 Å². The Morgan fingerprint density at radius 3 is 2.71 bits per heavy atom. The van der Waals surface area contributed by atoms with Crippen molar-refractivity contribution in [2.24, 2.45) is 17.6 Å². The standard InChI is InChI=1S/C14H21NO2/c15-14(16)13-9-5-1-3-7-11(9)17-12-8-4-2-6-10(12)13/h9,11,13H,1-8H2,(H2,15,16). The van der Waals surface area contributed by atoms with Crippen LogP contribution in [0.15, 0.2) is 11.3 Å². The second kappa shape index (κ2) is 4.35. The van der Waals surface area contributed by atoms with Gasteiger partial charge in [-0.25, -0.2) is 0 Å². The van der Waals surface area contributed by atoms with E-state index in [2.05, 4.69) is 0 Å². The molecular formula is C14H21NO2. The number of hydrogen-bond acceptors (Lipinski definition) is 2. The maximum atomic E-state index is 11.8. The summed E-state index contributed by atoms with van der Waals surface area (Å²) in [5.41, 5.74) is 6.90. The quantitative estimate of drug-likeness (QED) is 0.759. The molecule has 3 rings (SSSR count). The first-order valence-corrected chi connectivity index (χ1v) is 6.95. The number of carbonyl (C=O) groups excluding carboxylic acids is 1. The Balaban J connectivity index is 1.96. The van der Waals surface area contributed by atoms with Crippen LogP contribution in [-0.2, 0) is 9.53 Å². The fourth-order valence-electron chi connectivity index (χ4n) is 3.84. The summed E-state index contributed by atoms with van der Waals surface area (Å²) < 4.78 is 6.15. The molecular weight excluding hydrogens is 214 g/mol. The zero-order valence-electron chi connectivity index (χ0n) is 10.3. The minimum absolute atomic E-state index is 0.0238. The fourth-order valence-corrected chi connectivity index (χ4v) is 3.84. The Morgan fingerprint density at radius 1 is 1.12 bits per heavy atom. The summed E-state index contributed by atoms with van der Waals surface area (Å²) in [7, 11) is 0. The van der Waals surface area contributed by atoms with E-state index in [-0.39, 0.29) is 17.9 Å². The molecule has 3 aliphatic rings. The molecule has 0 radical (unpaired) electrons. The number of fused-ring (bicyclic) bond motifs is 1. The summed E-state index contributed by atoms with van der Waals surface area (Å²) >= 11 is 0. The lowest BCUT2D eigenvalue weighted by Gasteiger charge is -2.43. The first-order chi connectivity index (χ1) is 8.27. The highest BCUT2D eigenvalue weighted by Crippen LogP contribution is 2.46. The molecule has 2 aliphatic carbocycles. The van der Waals surface area contributed by atoms with Gasteiger partial charge in [-0.2, -0.15) is 0 Å². The predicted octanol–water partition coefficient (Wildman–Crippen LogP) is 2.51. The molecule has 0 aromatic carbocycles. The van der Waals surface area contributed by atoms with Crippen LogP contribution in [0.1, 0.15) is 51.4 Å². The molecule has 2 N–H and O–H groups in total. The van der Waals surface area contributed by atoms with Crippen LogP contribution in [0.2, 0.25) is 0 Å². The van der Waals surface area contributed by atoms with Crippen LogP contribution in [0.3, 0.4) is 0 Å². The van der Waals surface area contributed by atoms with Crippen molar-refractivity contribution in [3.63, 3.8) is 0 Å². The minimum Gasteiger partial charge on any atom is -0.494 e. The van der Waals surface area contributed by atoms with Gasteiger partial charge in [-0.15, -0.1) is 0 Å². The Bertz CT molecular complexity index is 361. The monoisotopic (exact) mass is 235 g/mol. The third-order valence-corrected chi connectivity index (χ3v) is 4.62. The maximum absolute atomic E-state index is 11.8. The molecule has 94 valence electrons. The number of ether oxygens (including phenoxy) is 1. The number of allylic oxidation sites excluding steroid dienone is 1. The van der Waals surface area contributed by atoms with E-state index >= 15 is 0 Å². The van der Waals surface area contributed by atoms with Gasteiger partial charge in [0.25, 0.3) is 0 Å². The number of amides is 1. The molecule has 0 bridgehead atoms. The summed E-state index contributed by atoms with van der Waals surface area (Å²) in [6.07, 6.45) is 9.34. The van der Waals surface area contributed by atoms with E-state index in [1.54, 1.807) is 0 Å². The number of primary amides is 1. The second-order valence-electron chi connectivity index (χ2n) is 5.64. The first-order valence-electron chi connectivity index (χ1n) is 6.95. The van der Waals surface area contributed by atoms with Crippen LogP contribution in [0.4, 0.5) is 0 Å². The lowest BCUT2D eigenvalue weighted by molar-refractivity contribution is -0.127. The van der Waals surface area contributed by atoms with E-state index in [1.165, 1.54) is 31.3 Å². The van der Waals surface area contributed by atoms with Gasteiger partial charge in [0.2, 0.25) is 5.91 Å². The smallest absolute Gasteiger partial charge is 0.225 e. The zero-order chi connectivity index (χ0) is 11.8. The Hall–Kier alpha value is -0.990. The average molecular weight is 235 g/mol. The summed E-state index contributed by atoms with van der Waals surface area (Å²) in [5, 5.41) is 0. The second-order valence-corrected chi connectivity index (χ2v) is 5.64. The van der Waals surface area contributed by atoms with Crippen LogP contribution < -0.4 is 5.73 Å². The van der Waals surface area contributed by atoms with Gasteiger partial charge < -0.3 is 10.5 Å². The molecule has 0 aromatic heterocycles. The molecule has 3 nitrogen and oxygen atoms in total. The van der Waals surface area contributed by atoms with Gasteiger partial charge in [0, 0.05) is 12.3 Å². The van der Waals surface area contributed by atoms with Gasteiger partial charge in [0.15, 0.2) is 0 Å². The lowest BCUT2D eigenvalue weighted by Crippen LogP contribution is -2.44. The third kappa shape index (κ3) is 1.85. The normalized spacial score (nSPS) is 36.8. The van der Waals surface area contributed by atoms with Crippen LogP contribution >= 0.6 is 0 Å². The van der Waals surface area contributed by atoms with Crippen molar-refractivity contribution in [1.29, 1.82) is 0 Å². The number of nitrogens with two attached hydrogens (primary N) is 1. The molecule has 3 unspecified atom stereocenters. The summed E-state index contributed by atoms with van der Waals surface area (Å²) in [6.45, 7) is 0. The lowest BCUT2D eigenvalue weighted by atomic mass is 9.70. The fraction of sp³-hybridized carbons (Fsp3) is 0.786. The van der Waals surface area contributed by atoms with Crippen molar-refractivity contribution < 1.29 is 9.53 Å². The summed E-state index contributed by atoms with van der Waals surface area (Å²) in [4.78, 5) is 11.8. The summed E-state index contributed by atoms with van der Waals surface area (Å²) in [6, 6.07) is 0. The summed E-state index contributed by atoms with van der Waals surface area (Å²) in [5.74, 6) is 1.32. The highest BCUT2D eigenvalue weighted by Gasteiger charge is 2.43. The molecule has 1 saturated carbocycles. The Morgan fingerprint density at radius 2 is 1.88 bits per heavy atom. The van der Waals surface area contributed by atoms with Crippen LogP contribution in [0.5, 0.6) is 0 Å². The molecule has 1 amide bonds. The van der Waals surface area contributed by atoms with Gasteiger partial charge in [0.05, 0.1) is 11.7 Å². The highest BCUT2D eigenvalue weighted by atomic mass is 16.5. The number of rotatable bonds is 1. The van der Waals surface area contributed by atoms with Crippen molar-refractivity contribution >= 4 is 5.91 Å². The van der Waals surface area contributed by atoms with Crippen molar-refractivity contribution in [2.75, 3.05) is 0 Å². The van der Waals surface area contributed by atoms with E-state index < -0.39 is 0 Å². The largest absolute Gasteiger partial charge is 0.494 e. The van der Waals surface area contributed by atoms with Crippen molar-refractivity contribution in [2.45, 2.75) is 57.5 Å². The molecule has 3 heteroatoms. The SMILES string of the molecule is NC(=O)C1C2=C(CCCC2)OC2CCCCC21. The first kappa shape index (κ1) is 11.1. The van der Waals surface area contributed by atoms with E-state index in [1.807, 2.05) is 0 Å². The van der Waals surface area contributed by atoms with Crippen molar-refractivity contribution in [3.8, 4) is 0 Å². The van der Waals surface area contributed by atoms with E-state index in [0.717, 1.165) is 31.4 Å². The van der Waals surface area contributed by atoms with E-state index in [4.69, 9.17) is 10.5 Å². The van der Waals surface area contributed by atoms with Crippen LogP contribution in [0.25, 0.3) is 0 Å². The van der Waals surface area contributed by atoms with Crippen molar-refractivity contribution in [3.05, 3.63) is 11.3 Å². The molecule has 0 spiro atoms. The minimum atomic E-state index is -0.125. The molecule has 3 atom stereocenters.